The third kappa shape index (κ3) is 1.55. The van der Waals surface area contributed by atoms with Crippen LogP contribution in [0.2, 0.25) is 0 Å². The third-order valence-corrected chi connectivity index (χ3v) is 6.50. The lowest BCUT2D eigenvalue weighted by Crippen LogP contribution is -2.51. The summed E-state index contributed by atoms with van der Waals surface area (Å²) in [6.07, 6.45) is 7.60. The van der Waals surface area contributed by atoms with Crippen molar-refractivity contribution >= 4 is 0 Å². The van der Waals surface area contributed by atoms with E-state index < -0.39 is 0 Å². The molecule has 2 aliphatic carbocycles. The van der Waals surface area contributed by atoms with E-state index in [9.17, 15) is 0 Å². The minimum atomic E-state index is 0.564. The highest BCUT2D eigenvalue weighted by atomic mass is 14.8. The van der Waals surface area contributed by atoms with Gasteiger partial charge >= 0.3 is 0 Å². The van der Waals surface area contributed by atoms with E-state index in [2.05, 4.69) is 47.3 Å². The van der Waals surface area contributed by atoms with Gasteiger partial charge in [-0.1, -0.05) is 53.5 Å². The highest BCUT2D eigenvalue weighted by Crippen LogP contribution is 2.81. The van der Waals surface area contributed by atoms with E-state index in [1.54, 1.807) is 0 Å². The molecule has 5 unspecified atom stereocenters. The van der Waals surface area contributed by atoms with Gasteiger partial charge in [0.25, 0.3) is 0 Å². The maximum Gasteiger partial charge on any atom is -0.0178 e. The Morgan fingerprint density at radius 2 is 2.06 bits per heavy atom. The Bertz CT molecular complexity index is 301. The standard InChI is InChI=1S/C17H30/c1-7-9-12(3)15-11-17(16(15,5)6)13(4)14(17)10-8-2/h8,12-15H,2,7,9-11H2,1,3-6H3. The maximum absolute atomic E-state index is 3.93. The first-order valence-corrected chi connectivity index (χ1v) is 7.54. The SMILES string of the molecule is C=CCC1C(C)C12CC(C(C)CCC)C2(C)C. The highest BCUT2D eigenvalue weighted by molar-refractivity contribution is 5.24. The molecular weight excluding hydrogens is 204 g/mol. The van der Waals surface area contributed by atoms with Crippen molar-refractivity contribution in [3.05, 3.63) is 12.7 Å². The van der Waals surface area contributed by atoms with Crippen molar-refractivity contribution in [1.82, 2.24) is 0 Å². The van der Waals surface area contributed by atoms with Gasteiger partial charge in [0, 0.05) is 0 Å². The van der Waals surface area contributed by atoms with Gasteiger partial charge in [-0.2, -0.15) is 0 Å². The fraction of sp³-hybridized carbons (Fsp3) is 0.882. The van der Waals surface area contributed by atoms with Crippen LogP contribution in [-0.2, 0) is 0 Å². The van der Waals surface area contributed by atoms with E-state index in [0.29, 0.717) is 10.8 Å². The Morgan fingerprint density at radius 3 is 2.53 bits per heavy atom. The van der Waals surface area contributed by atoms with Gasteiger partial charge in [-0.05, 0) is 47.3 Å². The van der Waals surface area contributed by atoms with Gasteiger partial charge in [-0.15, -0.1) is 6.58 Å². The lowest BCUT2D eigenvalue weighted by molar-refractivity contribution is -0.0928. The first-order valence-electron chi connectivity index (χ1n) is 7.54. The predicted molar refractivity (Wildman–Crippen MR) is 75.9 cm³/mol. The van der Waals surface area contributed by atoms with Crippen LogP contribution < -0.4 is 0 Å². The fourth-order valence-electron chi connectivity index (χ4n) is 5.39. The Morgan fingerprint density at radius 1 is 1.41 bits per heavy atom. The van der Waals surface area contributed by atoms with Crippen molar-refractivity contribution in [3.8, 4) is 0 Å². The molecule has 0 heteroatoms. The zero-order valence-corrected chi connectivity index (χ0v) is 12.4. The molecule has 2 aliphatic rings. The summed E-state index contributed by atoms with van der Waals surface area (Å²) in [4.78, 5) is 0. The molecule has 2 fully saturated rings. The van der Waals surface area contributed by atoms with E-state index in [1.807, 2.05) is 0 Å². The van der Waals surface area contributed by atoms with E-state index in [4.69, 9.17) is 0 Å². The Labute approximate surface area is 108 Å². The van der Waals surface area contributed by atoms with Crippen LogP contribution in [0.5, 0.6) is 0 Å². The molecular formula is C17H30. The zero-order valence-electron chi connectivity index (χ0n) is 12.4. The summed E-state index contributed by atoms with van der Waals surface area (Å²) < 4.78 is 0. The van der Waals surface area contributed by atoms with Crippen molar-refractivity contribution in [2.45, 2.75) is 60.3 Å². The van der Waals surface area contributed by atoms with Crippen LogP contribution in [0.1, 0.15) is 60.3 Å². The van der Waals surface area contributed by atoms with Crippen molar-refractivity contribution in [3.63, 3.8) is 0 Å². The van der Waals surface area contributed by atoms with Crippen LogP contribution in [0.3, 0.4) is 0 Å². The quantitative estimate of drug-likeness (QED) is 0.566. The summed E-state index contributed by atoms with van der Waals surface area (Å²) in [5, 5.41) is 0. The molecule has 98 valence electrons. The van der Waals surface area contributed by atoms with Gasteiger partial charge in [0.1, 0.15) is 0 Å². The predicted octanol–water partition coefficient (Wildman–Crippen LogP) is 5.30. The first kappa shape index (κ1) is 13.2. The van der Waals surface area contributed by atoms with Gasteiger partial charge < -0.3 is 0 Å². The van der Waals surface area contributed by atoms with Gasteiger partial charge in [0.05, 0.1) is 0 Å². The van der Waals surface area contributed by atoms with E-state index in [1.165, 1.54) is 25.7 Å². The van der Waals surface area contributed by atoms with E-state index in [-0.39, 0.29) is 0 Å². The van der Waals surface area contributed by atoms with Crippen molar-refractivity contribution in [1.29, 1.82) is 0 Å². The normalized spacial score (nSPS) is 44.2. The van der Waals surface area contributed by atoms with Gasteiger partial charge in [-0.25, -0.2) is 0 Å². The second-order valence-electron chi connectivity index (χ2n) is 7.26. The molecule has 2 rings (SSSR count). The monoisotopic (exact) mass is 234 g/mol. The maximum atomic E-state index is 3.93. The van der Waals surface area contributed by atoms with Crippen LogP contribution in [0.4, 0.5) is 0 Å². The van der Waals surface area contributed by atoms with Gasteiger partial charge in [-0.3, -0.25) is 0 Å². The molecule has 2 saturated carbocycles. The molecule has 0 amide bonds. The molecule has 0 radical (unpaired) electrons. The van der Waals surface area contributed by atoms with Crippen molar-refractivity contribution in [2.24, 2.45) is 34.5 Å². The Hall–Kier alpha value is -0.260. The minimum Gasteiger partial charge on any atom is -0.103 e. The summed E-state index contributed by atoms with van der Waals surface area (Å²) in [5.41, 5.74) is 1.24. The second-order valence-corrected chi connectivity index (χ2v) is 7.26. The zero-order chi connectivity index (χ0) is 12.8. The molecule has 0 aromatic rings. The molecule has 0 heterocycles. The van der Waals surface area contributed by atoms with Crippen LogP contribution in [-0.4, -0.2) is 0 Å². The summed E-state index contributed by atoms with van der Waals surface area (Å²) in [5.74, 6) is 3.73. The van der Waals surface area contributed by atoms with Crippen LogP contribution >= 0.6 is 0 Å². The molecule has 0 aliphatic heterocycles. The number of hydrogen-bond donors (Lipinski definition) is 0. The molecule has 1 spiro atoms. The topological polar surface area (TPSA) is 0 Å². The summed E-state index contributed by atoms with van der Waals surface area (Å²) >= 11 is 0. The summed E-state index contributed by atoms with van der Waals surface area (Å²) in [6, 6.07) is 0. The molecule has 0 aromatic carbocycles. The first-order chi connectivity index (χ1) is 7.93. The average Bonchev–Trinajstić information content (AvgIpc) is 2.84. The molecule has 0 N–H and O–H groups in total. The lowest BCUT2D eigenvalue weighted by atomic mass is 9.47. The molecule has 17 heavy (non-hydrogen) atoms. The van der Waals surface area contributed by atoms with Gasteiger partial charge in [0.2, 0.25) is 0 Å². The molecule has 0 bridgehead atoms. The van der Waals surface area contributed by atoms with Crippen molar-refractivity contribution in [2.75, 3.05) is 0 Å². The second kappa shape index (κ2) is 4.14. The Balaban J connectivity index is 2.05. The minimum absolute atomic E-state index is 0.564. The lowest BCUT2D eigenvalue weighted by Gasteiger charge is -2.58. The molecule has 5 atom stereocenters. The third-order valence-electron chi connectivity index (χ3n) is 6.50. The fourth-order valence-corrected chi connectivity index (χ4v) is 5.39. The largest absolute Gasteiger partial charge is 0.103 e. The smallest absolute Gasteiger partial charge is 0.0178 e. The number of rotatable bonds is 5. The molecule has 0 aromatic heterocycles. The van der Waals surface area contributed by atoms with Crippen LogP contribution in [0.25, 0.3) is 0 Å². The van der Waals surface area contributed by atoms with Crippen LogP contribution in [0.15, 0.2) is 12.7 Å². The number of allylic oxidation sites excluding steroid dienone is 1. The summed E-state index contributed by atoms with van der Waals surface area (Å²) in [6.45, 7) is 16.3. The summed E-state index contributed by atoms with van der Waals surface area (Å²) in [7, 11) is 0. The van der Waals surface area contributed by atoms with E-state index in [0.717, 1.165) is 23.7 Å². The van der Waals surface area contributed by atoms with Crippen LogP contribution in [0, 0.1) is 34.5 Å². The van der Waals surface area contributed by atoms with Gasteiger partial charge in [0.15, 0.2) is 0 Å². The van der Waals surface area contributed by atoms with E-state index >= 15 is 0 Å². The highest BCUT2D eigenvalue weighted by Gasteiger charge is 2.76. The molecule has 0 saturated heterocycles. The Kier molecular flexibility index (Phi) is 3.21. The molecule has 0 nitrogen and oxygen atoms in total. The number of hydrogen-bond acceptors (Lipinski definition) is 0. The average molecular weight is 234 g/mol. The van der Waals surface area contributed by atoms with Crippen molar-refractivity contribution < 1.29 is 0 Å².